The molecule has 1 aliphatic carbocycles. The number of nitrogens with one attached hydrogen (secondary N) is 1. The van der Waals surface area contributed by atoms with Crippen molar-refractivity contribution < 1.29 is 19.0 Å². The Morgan fingerprint density at radius 3 is 2.61 bits per heavy atom. The molecule has 5 aliphatic rings. The van der Waals surface area contributed by atoms with Gasteiger partial charge in [-0.3, -0.25) is 0 Å². The van der Waals surface area contributed by atoms with Crippen LogP contribution in [0.5, 0.6) is 11.8 Å². The van der Waals surface area contributed by atoms with E-state index >= 15 is 4.39 Å². The van der Waals surface area contributed by atoms with Crippen LogP contribution in [0.1, 0.15) is 37.7 Å². The molecule has 0 amide bonds. The number of piperazine rings is 1. The molecule has 3 aromatic carbocycles. The van der Waals surface area contributed by atoms with Crippen molar-refractivity contribution in [3.8, 4) is 35.2 Å². The second-order valence-corrected chi connectivity index (χ2v) is 14.5. The van der Waals surface area contributed by atoms with Crippen LogP contribution in [0.4, 0.5) is 10.2 Å². The standard InChI is InChI=1S/C37H38FN5O3/c1-2-23-4-3-5-24-14-27(44)15-30(31(23)24)28-8-9-29-33(32(28)38)40-35(41-34(29)43-16-25-6-7-26(17-43)39-25)46-22-36(10-11-36)18-42-13-12-37(19-42)20-45-21-37/h1,3-5,8-9,14-15,25-26,39,44H,6-7,10-13,16-22H2. The van der Waals surface area contributed by atoms with Crippen LogP contribution in [0.15, 0.2) is 42.5 Å². The molecule has 5 heterocycles. The number of aromatic hydroxyl groups is 1. The number of aromatic nitrogens is 2. The SMILES string of the molecule is C#Cc1cccc2cc(O)cc(-c3ccc4c(N5CC6CCC(C5)N6)nc(OCC5(CN6CCC7(COC7)C6)CC5)nc4c3F)c12. The van der Waals surface area contributed by atoms with E-state index in [0.717, 1.165) is 82.4 Å². The molecule has 9 rings (SSSR count). The number of fused-ring (bicyclic) bond motifs is 4. The number of ether oxygens (including phenoxy) is 2. The zero-order valence-corrected chi connectivity index (χ0v) is 25.9. The molecule has 9 heteroatoms. The van der Waals surface area contributed by atoms with E-state index in [-0.39, 0.29) is 22.7 Å². The van der Waals surface area contributed by atoms with E-state index in [1.165, 1.54) is 6.42 Å². The number of phenolic OH excluding ortho intramolecular Hbond substituents is 1. The first-order chi connectivity index (χ1) is 22.4. The molecule has 46 heavy (non-hydrogen) atoms. The lowest BCUT2D eigenvalue weighted by atomic mass is 9.85. The first kappa shape index (κ1) is 28.3. The third-order valence-electron chi connectivity index (χ3n) is 11.0. The van der Waals surface area contributed by atoms with Crippen LogP contribution in [0.25, 0.3) is 32.8 Å². The molecular formula is C37H38FN5O3. The highest BCUT2D eigenvalue weighted by Crippen LogP contribution is 2.49. The van der Waals surface area contributed by atoms with Gasteiger partial charge in [-0.2, -0.15) is 9.97 Å². The van der Waals surface area contributed by atoms with Crippen LogP contribution in [0.3, 0.4) is 0 Å². The average Bonchev–Trinajstić information content (AvgIpc) is 3.53. The zero-order valence-electron chi connectivity index (χ0n) is 25.9. The number of anilines is 1. The van der Waals surface area contributed by atoms with Crippen molar-refractivity contribution in [2.45, 2.75) is 44.2 Å². The maximum Gasteiger partial charge on any atom is 0.319 e. The maximum atomic E-state index is 16.9. The van der Waals surface area contributed by atoms with Gasteiger partial charge in [0.15, 0.2) is 5.82 Å². The van der Waals surface area contributed by atoms with Crippen molar-refractivity contribution in [2.24, 2.45) is 10.8 Å². The van der Waals surface area contributed by atoms with Crippen LogP contribution < -0.4 is 15.0 Å². The van der Waals surface area contributed by atoms with Gasteiger partial charge in [-0.1, -0.05) is 24.1 Å². The molecule has 2 atom stereocenters. The molecule has 4 saturated heterocycles. The van der Waals surface area contributed by atoms with E-state index in [1.54, 1.807) is 18.2 Å². The lowest BCUT2D eigenvalue weighted by Gasteiger charge is -2.38. The summed E-state index contributed by atoms with van der Waals surface area (Å²) < 4.78 is 28.8. The third-order valence-corrected chi connectivity index (χ3v) is 11.0. The minimum absolute atomic E-state index is 0.0448. The molecule has 4 aromatic rings. The van der Waals surface area contributed by atoms with Crippen LogP contribution in [0, 0.1) is 29.0 Å². The van der Waals surface area contributed by atoms with E-state index in [0.29, 0.717) is 52.0 Å². The highest BCUT2D eigenvalue weighted by molar-refractivity contribution is 6.04. The predicted octanol–water partition coefficient (Wildman–Crippen LogP) is 5.10. The van der Waals surface area contributed by atoms with Crippen molar-refractivity contribution in [3.63, 3.8) is 0 Å². The summed E-state index contributed by atoms with van der Waals surface area (Å²) in [6.45, 7) is 7.07. The Balaban J connectivity index is 1.10. The zero-order chi connectivity index (χ0) is 31.0. The predicted molar refractivity (Wildman–Crippen MR) is 176 cm³/mol. The van der Waals surface area contributed by atoms with Gasteiger partial charge in [0.2, 0.25) is 0 Å². The van der Waals surface area contributed by atoms with Crippen molar-refractivity contribution in [3.05, 3.63) is 53.8 Å². The summed E-state index contributed by atoms with van der Waals surface area (Å²) in [7, 11) is 0. The van der Waals surface area contributed by atoms with Crippen molar-refractivity contribution in [1.82, 2.24) is 20.2 Å². The fourth-order valence-electron chi connectivity index (χ4n) is 8.36. The fourth-order valence-corrected chi connectivity index (χ4v) is 8.36. The molecule has 8 nitrogen and oxygen atoms in total. The van der Waals surface area contributed by atoms with Crippen LogP contribution >= 0.6 is 0 Å². The Labute approximate surface area is 267 Å². The van der Waals surface area contributed by atoms with Crippen LogP contribution in [0.2, 0.25) is 0 Å². The summed E-state index contributed by atoms with van der Waals surface area (Å²) in [5, 5.41) is 16.4. The summed E-state index contributed by atoms with van der Waals surface area (Å²) >= 11 is 0. The fraction of sp³-hybridized carbons (Fsp3) is 0.459. The summed E-state index contributed by atoms with van der Waals surface area (Å²) in [6, 6.07) is 13.4. The molecule has 236 valence electrons. The van der Waals surface area contributed by atoms with E-state index in [4.69, 9.17) is 25.9 Å². The monoisotopic (exact) mass is 619 g/mol. The van der Waals surface area contributed by atoms with Gasteiger partial charge in [0.1, 0.15) is 17.1 Å². The molecule has 4 aliphatic heterocycles. The van der Waals surface area contributed by atoms with E-state index in [1.807, 2.05) is 24.3 Å². The lowest BCUT2D eigenvalue weighted by Crippen LogP contribution is -2.51. The van der Waals surface area contributed by atoms with E-state index < -0.39 is 5.82 Å². The minimum atomic E-state index is -0.478. The Morgan fingerprint density at radius 1 is 1.07 bits per heavy atom. The average molecular weight is 620 g/mol. The summed E-state index contributed by atoms with van der Waals surface area (Å²) in [5.41, 5.74) is 2.15. The second kappa shape index (κ2) is 10.5. The molecule has 1 saturated carbocycles. The number of phenols is 1. The number of hydrogen-bond acceptors (Lipinski definition) is 8. The van der Waals surface area contributed by atoms with Gasteiger partial charge in [0, 0.05) is 71.0 Å². The number of halogens is 1. The molecule has 1 aromatic heterocycles. The normalized spacial score (nSPS) is 24.4. The summed E-state index contributed by atoms with van der Waals surface area (Å²) in [4.78, 5) is 14.5. The Morgan fingerprint density at radius 2 is 1.89 bits per heavy atom. The molecular weight excluding hydrogens is 581 g/mol. The highest BCUT2D eigenvalue weighted by atomic mass is 19.1. The van der Waals surface area contributed by atoms with Gasteiger partial charge in [0.05, 0.1) is 19.8 Å². The Kier molecular flexibility index (Phi) is 6.47. The third kappa shape index (κ3) is 4.77. The first-order valence-corrected chi connectivity index (χ1v) is 16.6. The lowest BCUT2D eigenvalue weighted by molar-refractivity contribution is -0.105. The van der Waals surface area contributed by atoms with Crippen molar-refractivity contribution >= 4 is 27.5 Å². The number of terminal acetylenes is 1. The quantitative estimate of drug-likeness (QED) is 0.277. The van der Waals surface area contributed by atoms with E-state index in [2.05, 4.69) is 21.0 Å². The summed E-state index contributed by atoms with van der Waals surface area (Å²) in [5.74, 6) is 3.01. The number of rotatable bonds is 7. The van der Waals surface area contributed by atoms with Crippen molar-refractivity contribution in [1.29, 1.82) is 0 Å². The topological polar surface area (TPSA) is 83.0 Å². The summed E-state index contributed by atoms with van der Waals surface area (Å²) in [6.07, 6.45) is 11.5. The Bertz CT molecular complexity index is 1900. The highest BCUT2D eigenvalue weighted by Gasteiger charge is 2.50. The largest absolute Gasteiger partial charge is 0.508 e. The molecule has 0 radical (unpaired) electrons. The Hall–Kier alpha value is -3.97. The van der Waals surface area contributed by atoms with Gasteiger partial charge in [-0.05, 0) is 73.9 Å². The van der Waals surface area contributed by atoms with Gasteiger partial charge in [0.25, 0.3) is 0 Å². The molecule has 2 bridgehead atoms. The van der Waals surface area contributed by atoms with Crippen LogP contribution in [-0.2, 0) is 4.74 Å². The van der Waals surface area contributed by atoms with Gasteiger partial charge < -0.3 is 29.7 Å². The smallest absolute Gasteiger partial charge is 0.319 e. The van der Waals surface area contributed by atoms with Gasteiger partial charge >= 0.3 is 6.01 Å². The van der Waals surface area contributed by atoms with Gasteiger partial charge in [-0.25, -0.2) is 4.39 Å². The maximum absolute atomic E-state index is 16.9. The number of likely N-dealkylation sites (tertiary alicyclic amines) is 1. The van der Waals surface area contributed by atoms with Crippen LogP contribution in [-0.4, -0.2) is 84.6 Å². The molecule has 2 unspecified atom stereocenters. The number of benzene rings is 3. The molecule has 1 spiro atoms. The number of nitrogens with zero attached hydrogens (tertiary/aromatic N) is 4. The molecule has 5 fully saturated rings. The minimum Gasteiger partial charge on any atom is -0.508 e. The second-order valence-electron chi connectivity index (χ2n) is 14.5. The number of hydrogen-bond donors (Lipinski definition) is 2. The van der Waals surface area contributed by atoms with Gasteiger partial charge in [-0.15, -0.1) is 6.42 Å². The first-order valence-electron chi connectivity index (χ1n) is 16.6. The molecule has 2 N–H and O–H groups in total. The van der Waals surface area contributed by atoms with Crippen molar-refractivity contribution in [2.75, 3.05) is 57.4 Å². The van der Waals surface area contributed by atoms with E-state index in [9.17, 15) is 5.11 Å².